The smallest absolute Gasteiger partial charge is 0.247 e. The highest BCUT2D eigenvalue weighted by Gasteiger charge is 2.42. The van der Waals surface area contributed by atoms with Gasteiger partial charge in [-0.15, -0.1) is 11.3 Å². The molecule has 2 aliphatic rings. The summed E-state index contributed by atoms with van der Waals surface area (Å²) in [4.78, 5) is 32.7. The molecule has 1 aromatic carbocycles. The molecular weight excluding hydrogens is 430 g/mol. The number of carbonyl (C=O) groups excluding carboxylic acids is 2. The summed E-state index contributed by atoms with van der Waals surface area (Å²) >= 11 is 1.69. The molecule has 176 valence electrons. The van der Waals surface area contributed by atoms with E-state index in [9.17, 15) is 9.59 Å². The molecule has 0 spiro atoms. The Balaban J connectivity index is 0.000000252. The lowest BCUT2D eigenvalue weighted by molar-refractivity contribution is -0.139. The highest BCUT2D eigenvalue weighted by Crippen LogP contribution is 2.25. The second-order valence-corrected chi connectivity index (χ2v) is 10.2. The normalized spacial score (nSPS) is 20.1. The molecule has 2 aliphatic heterocycles. The summed E-state index contributed by atoms with van der Waals surface area (Å²) in [6.07, 6.45) is 8.16. The van der Waals surface area contributed by atoms with Crippen LogP contribution in [0, 0.1) is 12.8 Å². The van der Waals surface area contributed by atoms with Crippen LogP contribution in [0.25, 0.3) is 10.2 Å². The van der Waals surface area contributed by atoms with Crippen molar-refractivity contribution in [2.24, 2.45) is 5.92 Å². The van der Waals surface area contributed by atoms with E-state index in [0.29, 0.717) is 18.9 Å². The molecular formula is C27H35N3O2S. The van der Waals surface area contributed by atoms with Crippen molar-refractivity contribution in [3.8, 4) is 0 Å². The van der Waals surface area contributed by atoms with Crippen LogP contribution in [0.1, 0.15) is 45.6 Å². The maximum Gasteiger partial charge on any atom is 0.247 e. The molecule has 0 radical (unpaired) electrons. The van der Waals surface area contributed by atoms with Crippen molar-refractivity contribution in [3.05, 3.63) is 65.2 Å². The fourth-order valence-corrected chi connectivity index (χ4v) is 4.84. The number of imide groups is 1. The molecule has 0 N–H and O–H groups in total. The molecule has 33 heavy (non-hydrogen) atoms. The highest BCUT2D eigenvalue weighted by molar-refractivity contribution is 7.16. The Morgan fingerprint density at radius 3 is 2.61 bits per heavy atom. The number of fused-ring (bicyclic) bond motifs is 1. The van der Waals surface area contributed by atoms with Crippen LogP contribution < -0.4 is 0 Å². The van der Waals surface area contributed by atoms with Crippen LogP contribution in [0.5, 0.6) is 0 Å². The average Bonchev–Trinajstić information content (AvgIpc) is 3.36. The Hall–Kier alpha value is -2.57. The van der Waals surface area contributed by atoms with Crippen LogP contribution in [0.2, 0.25) is 0 Å². The van der Waals surface area contributed by atoms with Gasteiger partial charge in [0, 0.05) is 0 Å². The molecule has 2 fully saturated rings. The molecule has 6 heteroatoms. The number of carbonyl (C=O) groups is 2. The zero-order valence-corrected chi connectivity index (χ0v) is 21.0. The van der Waals surface area contributed by atoms with Crippen LogP contribution in [0.15, 0.2) is 59.7 Å². The lowest BCUT2D eigenvalue weighted by atomic mass is 9.97. The molecule has 1 aromatic heterocycles. The van der Waals surface area contributed by atoms with E-state index < -0.39 is 0 Å². The van der Waals surface area contributed by atoms with E-state index in [4.69, 9.17) is 0 Å². The minimum atomic E-state index is -0.260. The minimum Gasteiger partial charge on any atom is -0.292 e. The number of aromatic nitrogens is 1. The Bertz CT molecular complexity index is 1060. The van der Waals surface area contributed by atoms with Crippen molar-refractivity contribution in [2.45, 2.75) is 53.0 Å². The van der Waals surface area contributed by atoms with Crippen molar-refractivity contribution in [2.75, 3.05) is 19.6 Å². The summed E-state index contributed by atoms with van der Waals surface area (Å²) in [5.74, 6) is 0.604. The Morgan fingerprint density at radius 1 is 1.21 bits per heavy atom. The number of piperidine rings is 1. The first-order valence-corrected chi connectivity index (χ1v) is 12.5. The van der Waals surface area contributed by atoms with E-state index >= 15 is 0 Å². The molecule has 3 heterocycles. The minimum absolute atomic E-state index is 0.0468. The first kappa shape index (κ1) is 25.1. The molecule has 2 amide bonds. The number of rotatable bonds is 5. The number of hydrogen-bond donors (Lipinski definition) is 0. The molecule has 0 saturated carbocycles. The molecule has 1 unspecified atom stereocenters. The van der Waals surface area contributed by atoms with Gasteiger partial charge in [-0.1, -0.05) is 43.4 Å². The van der Waals surface area contributed by atoms with Crippen LogP contribution in [0.3, 0.4) is 0 Å². The summed E-state index contributed by atoms with van der Waals surface area (Å²) in [7, 11) is 0. The van der Waals surface area contributed by atoms with Gasteiger partial charge in [-0.05, 0) is 75.9 Å². The molecule has 2 aromatic rings. The highest BCUT2D eigenvalue weighted by atomic mass is 32.1. The van der Waals surface area contributed by atoms with E-state index in [1.165, 1.54) is 20.7 Å². The molecule has 1 atom stereocenters. The molecule has 2 saturated heterocycles. The summed E-state index contributed by atoms with van der Waals surface area (Å²) < 4.78 is 1.28. The van der Waals surface area contributed by atoms with Gasteiger partial charge in [0.05, 0.1) is 34.7 Å². The predicted octanol–water partition coefficient (Wildman–Crippen LogP) is 5.53. The van der Waals surface area contributed by atoms with Crippen LogP contribution in [0.4, 0.5) is 0 Å². The monoisotopic (exact) mass is 465 g/mol. The predicted molar refractivity (Wildman–Crippen MR) is 137 cm³/mol. The number of hydrogen-bond acceptors (Lipinski definition) is 5. The summed E-state index contributed by atoms with van der Waals surface area (Å²) in [6, 6.07) is 6.04. The van der Waals surface area contributed by atoms with Crippen LogP contribution in [-0.4, -0.2) is 52.3 Å². The summed E-state index contributed by atoms with van der Waals surface area (Å²) in [5.41, 5.74) is 6.35. The van der Waals surface area contributed by atoms with Gasteiger partial charge in [-0.2, -0.15) is 0 Å². The largest absolute Gasteiger partial charge is 0.292 e. The van der Waals surface area contributed by atoms with Gasteiger partial charge in [-0.25, -0.2) is 4.98 Å². The van der Waals surface area contributed by atoms with Gasteiger partial charge in [0.1, 0.15) is 0 Å². The molecule has 0 bridgehead atoms. The number of benzene rings is 1. The van der Waals surface area contributed by atoms with Crippen molar-refractivity contribution < 1.29 is 9.59 Å². The average molecular weight is 466 g/mol. The SMILES string of the molecule is C=C/C(=C\C=C(C)C)CN1C(=O)CC(N2CCC(C)CC2)C1=O.Cc1ccc2ncsc2c1. The van der Waals surface area contributed by atoms with E-state index in [1.807, 2.05) is 31.5 Å². The number of aryl methyl sites for hydroxylation is 1. The fourth-order valence-electron chi connectivity index (χ4n) is 4.06. The molecule has 0 aliphatic carbocycles. The third-order valence-corrected chi connectivity index (χ3v) is 6.99. The Morgan fingerprint density at radius 2 is 1.94 bits per heavy atom. The summed E-state index contributed by atoms with van der Waals surface area (Å²) in [5, 5.41) is 0. The lowest BCUT2D eigenvalue weighted by Gasteiger charge is -2.33. The molecule has 5 nitrogen and oxygen atoms in total. The lowest BCUT2D eigenvalue weighted by Crippen LogP contribution is -2.45. The second-order valence-electron chi connectivity index (χ2n) is 9.27. The van der Waals surface area contributed by atoms with Gasteiger partial charge in [-0.3, -0.25) is 19.4 Å². The molecule has 4 rings (SSSR count). The van der Waals surface area contributed by atoms with Crippen molar-refractivity contribution in [1.82, 2.24) is 14.8 Å². The summed E-state index contributed by atoms with van der Waals surface area (Å²) in [6.45, 7) is 14.3. The van der Waals surface area contributed by atoms with E-state index in [0.717, 1.165) is 37.0 Å². The van der Waals surface area contributed by atoms with Crippen molar-refractivity contribution >= 4 is 33.4 Å². The van der Waals surface area contributed by atoms with E-state index in [-0.39, 0.29) is 17.9 Å². The topological polar surface area (TPSA) is 53.5 Å². The van der Waals surface area contributed by atoms with Gasteiger partial charge in [0.25, 0.3) is 0 Å². The second kappa shape index (κ2) is 11.5. The van der Waals surface area contributed by atoms with Crippen LogP contribution in [-0.2, 0) is 9.59 Å². The first-order valence-electron chi connectivity index (χ1n) is 11.6. The fraction of sp³-hybridized carbons (Fsp3) is 0.444. The number of amides is 2. The quantitative estimate of drug-likeness (QED) is 0.430. The van der Waals surface area contributed by atoms with E-state index in [2.05, 4.69) is 48.5 Å². The maximum absolute atomic E-state index is 12.7. The number of thiazole rings is 1. The third kappa shape index (κ3) is 6.71. The Labute approximate surface area is 201 Å². The number of allylic oxidation sites excluding steroid dienone is 3. The van der Waals surface area contributed by atoms with Crippen molar-refractivity contribution in [1.29, 1.82) is 0 Å². The Kier molecular flexibility index (Phi) is 8.75. The van der Waals surface area contributed by atoms with Gasteiger partial charge in [0.2, 0.25) is 11.8 Å². The van der Waals surface area contributed by atoms with Gasteiger partial charge >= 0.3 is 0 Å². The number of nitrogens with zero attached hydrogens (tertiary/aromatic N) is 3. The standard InChI is InChI=1S/C19H28N2O2.C8H7NS/c1-5-16(7-6-14(2)3)13-21-18(22)12-17(19(21)23)20-10-8-15(4)9-11-20;1-6-2-3-7-8(4-6)10-5-9-7/h5-7,15,17H,1,8-13H2,2-4H3;2-5H,1H3/b16-7+;. The first-order chi connectivity index (χ1) is 15.8. The van der Waals surface area contributed by atoms with Gasteiger partial charge < -0.3 is 0 Å². The third-order valence-electron chi connectivity index (χ3n) is 6.20. The number of likely N-dealkylation sites (tertiary alicyclic amines) is 2. The maximum atomic E-state index is 12.7. The van der Waals surface area contributed by atoms with E-state index in [1.54, 1.807) is 17.4 Å². The zero-order chi connectivity index (χ0) is 24.0. The van der Waals surface area contributed by atoms with Crippen molar-refractivity contribution in [3.63, 3.8) is 0 Å². The van der Waals surface area contributed by atoms with Gasteiger partial charge in [0.15, 0.2) is 0 Å². The zero-order valence-electron chi connectivity index (χ0n) is 20.2. The van der Waals surface area contributed by atoms with Crippen LogP contribution >= 0.6 is 11.3 Å².